The predicted molar refractivity (Wildman–Crippen MR) is 118 cm³/mol. The van der Waals surface area contributed by atoms with E-state index < -0.39 is 11.0 Å². The molecule has 1 aromatic heterocycles. The number of nitrogens with one attached hydrogen (secondary N) is 1. The van der Waals surface area contributed by atoms with Crippen LogP contribution in [0, 0.1) is 11.8 Å². The van der Waals surface area contributed by atoms with E-state index >= 15 is 0 Å². The first kappa shape index (κ1) is 22.4. The second-order valence-electron chi connectivity index (χ2n) is 6.49. The lowest BCUT2D eigenvalue weighted by molar-refractivity contribution is -0.125. The van der Waals surface area contributed by atoms with E-state index in [4.69, 9.17) is 9.47 Å². The minimum atomic E-state index is -0.679. The number of carbonyl (C=O) groups is 1. The molecule has 150 valence electrons. The van der Waals surface area contributed by atoms with Gasteiger partial charge in [-0.15, -0.1) is 23.5 Å². The number of pyridine rings is 1. The highest BCUT2D eigenvalue weighted by atomic mass is 32.2. The van der Waals surface area contributed by atoms with Gasteiger partial charge >= 0.3 is 0 Å². The van der Waals surface area contributed by atoms with Gasteiger partial charge in [-0.1, -0.05) is 18.8 Å². The molecule has 5 nitrogen and oxygen atoms in total. The molecule has 1 atom stereocenters. The van der Waals surface area contributed by atoms with E-state index in [9.17, 15) is 4.79 Å². The molecule has 0 aliphatic heterocycles. The lowest BCUT2D eigenvalue weighted by Crippen LogP contribution is -2.47. The van der Waals surface area contributed by atoms with Crippen LogP contribution < -0.4 is 10.1 Å². The van der Waals surface area contributed by atoms with E-state index in [2.05, 4.69) is 35.1 Å². The van der Waals surface area contributed by atoms with Gasteiger partial charge in [-0.3, -0.25) is 9.78 Å². The number of benzene rings is 1. The molecule has 2 rings (SSSR count). The monoisotopic (exact) mass is 418 g/mol. The Kier molecular flexibility index (Phi) is 8.49. The molecule has 0 aliphatic carbocycles. The molecule has 0 spiro atoms. The van der Waals surface area contributed by atoms with E-state index in [1.807, 2.05) is 44.5 Å². The van der Waals surface area contributed by atoms with Crippen LogP contribution in [0.25, 0.3) is 10.9 Å². The molecule has 1 N–H and O–H groups in total. The standard InChI is InChI=1S/C21H26N2O3S2/c1-6-28-17-13-15-12-16(8-9-18(15)22-14-17)26-20(27-5)19(24)23-21(2,3)10-7-11-25-4/h8-9,12-14,20H,6,11H2,1-5H3,(H,23,24). The Labute approximate surface area is 175 Å². The summed E-state index contributed by atoms with van der Waals surface area (Å²) >= 11 is 3.07. The Hall–Kier alpha value is -1.88. The van der Waals surface area contributed by atoms with Gasteiger partial charge < -0.3 is 14.8 Å². The van der Waals surface area contributed by atoms with Gasteiger partial charge in [0, 0.05) is 23.6 Å². The summed E-state index contributed by atoms with van der Waals surface area (Å²) in [6.45, 7) is 6.13. The molecule has 0 aliphatic rings. The van der Waals surface area contributed by atoms with Crippen molar-refractivity contribution < 1.29 is 14.3 Å². The smallest absolute Gasteiger partial charge is 0.272 e. The first-order chi connectivity index (χ1) is 13.4. The molecule has 0 radical (unpaired) electrons. The number of nitrogens with zero attached hydrogens (tertiary/aromatic N) is 1. The molecule has 0 saturated carbocycles. The molecule has 28 heavy (non-hydrogen) atoms. The molecule has 0 fully saturated rings. The lowest BCUT2D eigenvalue weighted by atomic mass is 10.1. The topological polar surface area (TPSA) is 60.5 Å². The van der Waals surface area contributed by atoms with E-state index in [0.29, 0.717) is 12.4 Å². The second kappa shape index (κ2) is 10.6. The number of rotatable bonds is 8. The average molecular weight is 419 g/mol. The summed E-state index contributed by atoms with van der Waals surface area (Å²) in [6, 6.07) is 7.75. The molecule has 7 heteroatoms. The summed E-state index contributed by atoms with van der Waals surface area (Å²) < 4.78 is 10.9. The maximum absolute atomic E-state index is 12.7. The van der Waals surface area contributed by atoms with Crippen LogP contribution in [0.4, 0.5) is 0 Å². The summed E-state index contributed by atoms with van der Waals surface area (Å²) in [5.74, 6) is 7.27. The van der Waals surface area contributed by atoms with Gasteiger partial charge in [-0.2, -0.15) is 0 Å². The first-order valence-electron chi connectivity index (χ1n) is 8.91. The van der Waals surface area contributed by atoms with Gasteiger partial charge in [-0.05, 0) is 50.1 Å². The molecule has 1 unspecified atom stereocenters. The summed E-state index contributed by atoms with van der Waals surface area (Å²) in [6.07, 6.45) is 3.72. The number of methoxy groups -OCH3 is 1. The van der Waals surface area contributed by atoms with E-state index in [1.165, 1.54) is 11.8 Å². The number of amides is 1. The Bertz CT molecular complexity index is 875. The zero-order valence-corrected chi connectivity index (χ0v) is 18.5. The van der Waals surface area contributed by atoms with Crippen LogP contribution in [0.15, 0.2) is 35.4 Å². The molecule has 1 aromatic carbocycles. The van der Waals surface area contributed by atoms with Crippen LogP contribution in [0.5, 0.6) is 5.75 Å². The number of hydrogen-bond acceptors (Lipinski definition) is 6. The highest BCUT2D eigenvalue weighted by Crippen LogP contribution is 2.26. The minimum Gasteiger partial charge on any atom is -0.470 e. The van der Waals surface area contributed by atoms with Crippen molar-refractivity contribution in [3.05, 3.63) is 30.5 Å². The fourth-order valence-electron chi connectivity index (χ4n) is 2.47. The van der Waals surface area contributed by atoms with Crippen molar-refractivity contribution in [2.45, 2.75) is 36.6 Å². The van der Waals surface area contributed by atoms with Crippen molar-refractivity contribution in [2.75, 3.05) is 25.7 Å². The van der Waals surface area contributed by atoms with Crippen LogP contribution in [0.3, 0.4) is 0 Å². The normalized spacial score (nSPS) is 12.2. The third kappa shape index (κ3) is 6.62. The SMILES string of the molecule is CCSc1cnc2ccc(OC(SC)C(=O)NC(C)(C)C#CCOC)cc2c1. The molecular weight excluding hydrogens is 392 g/mol. The number of thioether (sulfide) groups is 2. The summed E-state index contributed by atoms with van der Waals surface area (Å²) in [7, 11) is 1.58. The largest absolute Gasteiger partial charge is 0.470 e. The molecular formula is C21H26N2O3S2. The molecule has 2 aromatic rings. The Morgan fingerprint density at radius 2 is 2.14 bits per heavy atom. The predicted octanol–water partition coefficient (Wildman–Crippen LogP) is 3.96. The number of fused-ring (bicyclic) bond motifs is 1. The van der Waals surface area contributed by atoms with Gasteiger partial charge in [0.25, 0.3) is 5.91 Å². The maximum atomic E-state index is 12.7. The maximum Gasteiger partial charge on any atom is 0.272 e. The molecule has 1 amide bonds. The molecule has 0 bridgehead atoms. The quantitative estimate of drug-likeness (QED) is 0.398. The second-order valence-corrected chi connectivity index (χ2v) is 8.73. The Balaban J connectivity index is 2.12. The highest BCUT2D eigenvalue weighted by molar-refractivity contribution is 7.99. The van der Waals surface area contributed by atoms with Crippen LogP contribution in [0.1, 0.15) is 20.8 Å². The number of hydrogen-bond donors (Lipinski definition) is 1. The van der Waals surface area contributed by atoms with Crippen LogP contribution in [-0.2, 0) is 9.53 Å². The van der Waals surface area contributed by atoms with Gasteiger partial charge in [-0.25, -0.2) is 0 Å². The van der Waals surface area contributed by atoms with Gasteiger partial charge in [0.1, 0.15) is 12.4 Å². The van der Waals surface area contributed by atoms with E-state index in [0.717, 1.165) is 21.6 Å². The number of ether oxygens (including phenoxy) is 2. The summed E-state index contributed by atoms with van der Waals surface area (Å²) in [5, 5.41) is 3.91. The lowest BCUT2D eigenvalue weighted by Gasteiger charge is -2.24. The highest BCUT2D eigenvalue weighted by Gasteiger charge is 2.25. The van der Waals surface area contributed by atoms with E-state index in [-0.39, 0.29) is 5.91 Å². The van der Waals surface area contributed by atoms with Gasteiger partial charge in [0.05, 0.1) is 11.1 Å². The van der Waals surface area contributed by atoms with Crippen LogP contribution >= 0.6 is 23.5 Å². The van der Waals surface area contributed by atoms with Crippen molar-refractivity contribution in [3.8, 4) is 17.6 Å². The fraction of sp³-hybridized carbons (Fsp3) is 0.429. The van der Waals surface area contributed by atoms with Crippen molar-refractivity contribution in [1.29, 1.82) is 0 Å². The van der Waals surface area contributed by atoms with Crippen LogP contribution in [0.2, 0.25) is 0 Å². The van der Waals surface area contributed by atoms with Gasteiger partial charge in [0.15, 0.2) is 0 Å². The summed E-state index contributed by atoms with van der Waals surface area (Å²) in [4.78, 5) is 18.2. The summed E-state index contributed by atoms with van der Waals surface area (Å²) in [5.41, 5.74) is -0.457. The third-order valence-electron chi connectivity index (χ3n) is 3.66. The Morgan fingerprint density at radius 3 is 2.82 bits per heavy atom. The zero-order valence-electron chi connectivity index (χ0n) is 16.9. The number of carbonyl (C=O) groups excluding carboxylic acids is 1. The fourth-order valence-corrected chi connectivity index (χ4v) is 3.62. The Morgan fingerprint density at radius 1 is 1.36 bits per heavy atom. The van der Waals surface area contributed by atoms with Crippen molar-refractivity contribution in [3.63, 3.8) is 0 Å². The van der Waals surface area contributed by atoms with Gasteiger partial charge in [0.2, 0.25) is 5.44 Å². The molecule has 1 heterocycles. The minimum absolute atomic E-state index is 0.224. The number of aromatic nitrogens is 1. The third-order valence-corrected chi connectivity index (χ3v) is 5.25. The van der Waals surface area contributed by atoms with Crippen molar-refractivity contribution in [1.82, 2.24) is 10.3 Å². The molecule has 0 saturated heterocycles. The van der Waals surface area contributed by atoms with Crippen molar-refractivity contribution >= 4 is 40.3 Å². The zero-order chi connectivity index (χ0) is 20.6. The first-order valence-corrected chi connectivity index (χ1v) is 11.2. The van der Waals surface area contributed by atoms with E-state index in [1.54, 1.807) is 18.9 Å². The van der Waals surface area contributed by atoms with Crippen LogP contribution in [-0.4, -0.2) is 47.6 Å². The van der Waals surface area contributed by atoms with Crippen molar-refractivity contribution in [2.24, 2.45) is 0 Å². The average Bonchev–Trinajstić information content (AvgIpc) is 2.65.